The quantitative estimate of drug-likeness (QED) is 0.101. The summed E-state index contributed by atoms with van der Waals surface area (Å²) < 4.78 is 70.8. The van der Waals surface area contributed by atoms with Crippen LogP contribution < -0.4 is 10.1 Å². The molecule has 4 aromatic heterocycles. The van der Waals surface area contributed by atoms with Crippen LogP contribution in [-0.2, 0) is 27.9 Å². The van der Waals surface area contributed by atoms with Crippen molar-refractivity contribution in [2.45, 2.75) is 117 Å². The van der Waals surface area contributed by atoms with E-state index in [1.807, 2.05) is 116 Å². The third-order valence-electron chi connectivity index (χ3n) is 26.6. The number of alkyl halides is 1. The molecular formula is C115H104B4Br3FIN4O8. The first kappa shape index (κ1) is 94.9. The largest absolute Gasteiger partial charge is 0.569 e. The van der Waals surface area contributed by atoms with E-state index < -0.39 is 21.2 Å². The zero-order valence-electron chi connectivity index (χ0n) is 79.0. The maximum atomic E-state index is 9.96. The number of para-hydroxylation sites is 8. The molecule has 1 radical (unpaired) electrons. The van der Waals surface area contributed by atoms with E-state index in [2.05, 4.69) is 444 Å². The predicted molar refractivity (Wildman–Crippen MR) is 585 cm³/mol. The fourth-order valence-electron chi connectivity index (χ4n) is 17.5. The molecule has 679 valence electrons. The van der Waals surface area contributed by atoms with E-state index in [-0.39, 0.29) is 40.7 Å². The molecule has 3 aliphatic heterocycles. The topological polar surface area (TPSA) is 105 Å². The van der Waals surface area contributed by atoms with Crippen LogP contribution >= 0.6 is 70.4 Å². The Hall–Kier alpha value is -11.4. The van der Waals surface area contributed by atoms with Crippen molar-refractivity contribution in [1.29, 1.82) is 0 Å². The molecule has 0 atom stereocenters. The van der Waals surface area contributed by atoms with Gasteiger partial charge in [0.15, 0.2) is 0 Å². The Morgan fingerprint density at radius 2 is 0.515 bits per heavy atom. The average molecular weight is 2100 g/mol. The lowest BCUT2D eigenvalue weighted by Gasteiger charge is -2.32. The second-order valence-electron chi connectivity index (χ2n) is 36.8. The van der Waals surface area contributed by atoms with Crippen LogP contribution in [0.25, 0.3) is 143 Å². The minimum atomic E-state index is -1.00. The fourth-order valence-corrected chi connectivity index (χ4v) is 18.6. The number of hydrogen-bond acceptors (Lipinski definition) is 8. The van der Waals surface area contributed by atoms with Crippen molar-refractivity contribution in [1.82, 2.24) is 18.3 Å². The highest BCUT2D eigenvalue weighted by Gasteiger charge is 2.64. The van der Waals surface area contributed by atoms with Gasteiger partial charge in [-0.25, -0.2) is 0 Å². The van der Waals surface area contributed by atoms with Crippen molar-refractivity contribution in [2.24, 2.45) is 0 Å². The molecule has 0 unspecified atom stereocenters. The van der Waals surface area contributed by atoms with Gasteiger partial charge in [-0.15, -0.1) is 0 Å². The van der Waals surface area contributed by atoms with Crippen LogP contribution in [0.15, 0.2) is 402 Å². The normalized spacial score (nSPS) is 15.2. The lowest BCUT2D eigenvalue weighted by Crippen LogP contribution is -2.41. The molecule has 1 N–H and O–H groups in total. The first-order valence-electron chi connectivity index (χ1n) is 46.1. The standard InChI is InChI=1S/C30H28BNO2.2C24H16BrN.C18H13BNO2.C12H24B2O4.C6H4BrI.CH3F/c1-29(2)30(3,4)34-31(33-29)23-17-14-21(15-18-23)22-16-19-28-26(20-22)25-12-8-9-13-27(25)32(28)24-10-6-5-7-11-24;2*25-19-13-10-17(11-14-19)18-12-15-24-22(16-18)21-8-4-5-9-23(21)26(24)20-6-2-1-3-7-20;21-19-22-14-10-11-18-16(12-14)15-8-4-5-9-17(15)20(18)13-6-2-1-3-7-13;1-9(2)10(3,4)16-13(15-9)14-17-11(5,6)12(7,8)18-14;7-5-1-3-6(8)4-2-5;1-2/h5-20H,1-4H3;2*1-16H;1-12,21H;1-8H3;1-4H;1H3/i;;;;;;1D. The van der Waals surface area contributed by atoms with Gasteiger partial charge in [-0.3, -0.25) is 4.39 Å². The van der Waals surface area contributed by atoms with Gasteiger partial charge >= 0.3 is 28.8 Å². The minimum Gasteiger partial charge on any atom is -0.537 e. The molecule has 20 aromatic rings. The molecule has 3 saturated heterocycles. The summed E-state index contributed by atoms with van der Waals surface area (Å²) in [5, 5.41) is 18.7. The molecular weight excluding hydrogens is 1990 g/mol. The Kier molecular flexibility index (Phi) is 28.4. The van der Waals surface area contributed by atoms with Gasteiger partial charge in [0.25, 0.3) is 0 Å². The molecule has 0 saturated carbocycles. The van der Waals surface area contributed by atoms with Crippen molar-refractivity contribution in [3.63, 3.8) is 0 Å². The molecule has 16 aromatic carbocycles. The summed E-state index contributed by atoms with van der Waals surface area (Å²) in [7, 11) is -1.59. The maximum absolute atomic E-state index is 9.96. The van der Waals surface area contributed by atoms with Crippen LogP contribution in [0.5, 0.6) is 5.75 Å². The summed E-state index contributed by atoms with van der Waals surface area (Å²) >= 11 is 12.7. The molecule has 0 bridgehead atoms. The number of benzene rings is 16. The van der Waals surface area contributed by atoms with Crippen LogP contribution in [0, 0.1) is 3.57 Å². The number of nitrogens with zero attached hydrogens (tertiary/aromatic N) is 4. The highest BCUT2D eigenvalue weighted by Crippen LogP contribution is 2.46. The van der Waals surface area contributed by atoms with Crippen LogP contribution in [0.2, 0.25) is 0 Å². The van der Waals surface area contributed by atoms with Crippen molar-refractivity contribution in [3.8, 4) is 61.9 Å². The third-order valence-corrected chi connectivity index (χ3v) is 28.9. The molecule has 12 nitrogen and oxygen atoms in total. The van der Waals surface area contributed by atoms with Gasteiger partial charge in [0, 0.05) is 82.8 Å². The Morgan fingerprint density at radius 3 is 0.794 bits per heavy atom. The second-order valence-corrected chi connectivity index (χ2v) is 40.8. The summed E-state index contributed by atoms with van der Waals surface area (Å²) in [6, 6.07) is 136. The van der Waals surface area contributed by atoms with Gasteiger partial charge in [0.05, 0.1) is 86.3 Å². The molecule has 3 aliphatic rings. The van der Waals surface area contributed by atoms with Crippen LogP contribution in [0.1, 0.15) is 84.5 Å². The number of aromatic nitrogens is 4. The SMILES string of the molecule is Brc1ccc(-c2ccc3c(c2)c2ccccc2n3-c2ccccc2)cc1.Brc1ccc(-c2ccc3c(c2)c2ccccc2n3-c2ccccc2)cc1.Brc1ccc(I)cc1.CC1(C)OB(B2OC(C)(C)C(C)(C)O2)OC1(C)C.CC1(C)OB(c2ccc(-c3ccc4c(c3)c3ccccc3n4-c3ccccc3)cc2)OC1(C)C.O[B]Oc1ccc2c(c1)c1ccccc1n2-c1ccccc1.[2H]CF. The third kappa shape index (κ3) is 20.1. The number of halogens is 5. The van der Waals surface area contributed by atoms with Crippen molar-refractivity contribution in [3.05, 3.63) is 405 Å². The maximum Gasteiger partial charge on any atom is 0.569 e. The highest BCUT2D eigenvalue weighted by atomic mass is 127. The summed E-state index contributed by atoms with van der Waals surface area (Å²) in [5.41, 5.74) is 20.5. The predicted octanol–water partition coefficient (Wildman–Crippen LogP) is 30.8. The average Bonchev–Trinajstić information content (AvgIpc) is 1.76. The molecule has 21 heteroatoms. The molecule has 0 amide bonds. The van der Waals surface area contributed by atoms with E-state index in [4.69, 9.17) is 39.0 Å². The molecule has 23 rings (SSSR count). The van der Waals surface area contributed by atoms with E-state index in [0.29, 0.717) is 13.4 Å². The minimum absolute atomic E-state index is 0.339. The van der Waals surface area contributed by atoms with Gasteiger partial charge in [-0.1, -0.05) is 260 Å². The Bertz CT molecular complexity index is 7330. The first-order chi connectivity index (χ1) is 65.9. The molecule has 0 aliphatic carbocycles. The van der Waals surface area contributed by atoms with Crippen LogP contribution in [-0.4, -0.2) is 92.9 Å². The van der Waals surface area contributed by atoms with Gasteiger partial charge in [0.1, 0.15) is 5.75 Å². The Balaban J connectivity index is 0.000000117. The van der Waals surface area contributed by atoms with Gasteiger partial charge in [0.2, 0.25) is 0 Å². The van der Waals surface area contributed by atoms with Crippen molar-refractivity contribution in [2.75, 3.05) is 7.15 Å². The van der Waals surface area contributed by atoms with Crippen molar-refractivity contribution >= 4 is 192 Å². The van der Waals surface area contributed by atoms with Gasteiger partial charge in [-0.2, -0.15) is 0 Å². The lowest BCUT2D eigenvalue weighted by atomic mass is 9.49. The summed E-state index contributed by atoms with van der Waals surface area (Å²) in [6.07, 6.45) is 0. The molecule has 3 fully saturated rings. The zero-order chi connectivity index (χ0) is 96.1. The Morgan fingerprint density at radius 1 is 0.287 bits per heavy atom. The van der Waals surface area contributed by atoms with E-state index in [9.17, 15) is 4.39 Å². The lowest BCUT2D eigenvalue weighted by molar-refractivity contribution is 0.00578. The molecule has 7 heterocycles. The van der Waals surface area contributed by atoms with E-state index in [1.165, 1.54) is 119 Å². The van der Waals surface area contributed by atoms with Gasteiger partial charge in [-0.05, 0) is 320 Å². The van der Waals surface area contributed by atoms with Crippen LogP contribution in [0.3, 0.4) is 0 Å². The number of fused-ring (bicyclic) bond motifs is 12. The first-order valence-corrected chi connectivity index (χ1v) is 48.8. The fraction of sp³-hybridized carbons (Fsp3) is 0.165. The summed E-state index contributed by atoms with van der Waals surface area (Å²) in [5.74, 6) is 0.617. The molecule has 0 spiro atoms. The summed E-state index contributed by atoms with van der Waals surface area (Å²) in [4.78, 5) is 0. The number of hydrogen-bond donors (Lipinski definition) is 1. The van der Waals surface area contributed by atoms with E-state index >= 15 is 0 Å². The van der Waals surface area contributed by atoms with Gasteiger partial charge < -0.3 is 55.9 Å². The van der Waals surface area contributed by atoms with E-state index in [0.717, 1.165) is 46.4 Å². The molecule has 136 heavy (non-hydrogen) atoms. The monoisotopic (exact) mass is 2100 g/mol. The van der Waals surface area contributed by atoms with Crippen molar-refractivity contribution < 1.29 is 43.4 Å². The smallest absolute Gasteiger partial charge is 0.537 e. The zero-order valence-corrected chi connectivity index (χ0v) is 84.9. The second kappa shape index (κ2) is 40.7. The van der Waals surface area contributed by atoms with Crippen LogP contribution in [0.4, 0.5) is 4.39 Å². The summed E-state index contributed by atoms with van der Waals surface area (Å²) in [6.45, 7) is 24.6. The highest BCUT2D eigenvalue weighted by molar-refractivity contribution is 14.1. The van der Waals surface area contributed by atoms with E-state index in [1.54, 1.807) is 0 Å². The Labute approximate surface area is 837 Å². The number of rotatable bonds is 11.